The quantitative estimate of drug-likeness (QED) is 0.0196. The van der Waals surface area contributed by atoms with E-state index in [1.807, 2.05) is 6.08 Å². The predicted octanol–water partition coefficient (Wildman–Crippen LogP) is 10.2. The van der Waals surface area contributed by atoms with Crippen LogP contribution in [0.5, 0.6) is 0 Å². The Morgan fingerprint density at radius 2 is 1.05 bits per heavy atom. The van der Waals surface area contributed by atoms with E-state index in [4.69, 9.17) is 14.2 Å². The van der Waals surface area contributed by atoms with Gasteiger partial charge in [0.05, 0.1) is 32.0 Å². The van der Waals surface area contributed by atoms with Crippen molar-refractivity contribution in [1.29, 1.82) is 0 Å². The number of allylic oxidation sites excluding steroid dienone is 3. The maximum atomic E-state index is 12.9. The third kappa shape index (κ3) is 31.9. The van der Waals surface area contributed by atoms with Gasteiger partial charge in [-0.3, -0.25) is 9.59 Å². The molecule has 1 saturated heterocycles. The standard InChI is InChI=1S/C51H95NO10/c1-3-5-7-9-11-13-18-23-27-31-35-39-47(56)60-40-36-32-28-24-20-17-15-14-16-19-22-26-30-34-38-46(55)52-43(44(54)37-33-29-25-21-12-10-8-6-4-2)42-61-51-50(59)49(58)48(57)45(41-53)62-51/h9,11,33,37,43-45,48-51,53-54,57-59H,3-8,10,12-32,34-36,38-42H2,1-2H3,(H,52,55)/b11-9-,37-33+. The second kappa shape index (κ2) is 41.8. The number of hydrogen-bond donors (Lipinski definition) is 6. The summed E-state index contributed by atoms with van der Waals surface area (Å²) in [5.41, 5.74) is 0. The van der Waals surface area contributed by atoms with E-state index in [-0.39, 0.29) is 18.5 Å². The van der Waals surface area contributed by atoms with Crippen LogP contribution in [0.1, 0.15) is 226 Å². The van der Waals surface area contributed by atoms with Crippen LogP contribution in [0.4, 0.5) is 0 Å². The Bertz CT molecular complexity index is 1090. The smallest absolute Gasteiger partial charge is 0.305 e. The lowest BCUT2D eigenvalue weighted by atomic mass is 9.99. The van der Waals surface area contributed by atoms with Crippen molar-refractivity contribution in [2.75, 3.05) is 19.8 Å². The molecule has 7 unspecified atom stereocenters. The number of carbonyl (C=O) groups is 2. The van der Waals surface area contributed by atoms with Gasteiger partial charge >= 0.3 is 5.97 Å². The fourth-order valence-electron chi connectivity index (χ4n) is 7.88. The maximum Gasteiger partial charge on any atom is 0.305 e. The molecule has 0 aliphatic carbocycles. The van der Waals surface area contributed by atoms with Crippen molar-refractivity contribution >= 4 is 11.9 Å². The zero-order valence-corrected chi connectivity index (χ0v) is 39.6. The van der Waals surface area contributed by atoms with Gasteiger partial charge in [-0.25, -0.2) is 0 Å². The van der Waals surface area contributed by atoms with Gasteiger partial charge in [0, 0.05) is 12.8 Å². The predicted molar refractivity (Wildman–Crippen MR) is 251 cm³/mol. The van der Waals surface area contributed by atoms with Crippen molar-refractivity contribution in [2.45, 2.75) is 269 Å². The molecule has 62 heavy (non-hydrogen) atoms. The SMILES string of the molecule is CCCC/C=C\CCCCCCCC(=O)OCCCCCCCCCCCCCCCCC(=O)NC(COC1OC(CO)C(O)C(O)C1O)C(O)/C=C/CCCCCCCCC. The Kier molecular flexibility index (Phi) is 39.2. The molecular weight excluding hydrogens is 787 g/mol. The van der Waals surface area contributed by atoms with Crippen molar-refractivity contribution < 1.29 is 49.3 Å². The molecule has 0 spiro atoms. The van der Waals surface area contributed by atoms with Gasteiger partial charge < -0.3 is 45.1 Å². The number of aliphatic hydroxyl groups excluding tert-OH is 5. The van der Waals surface area contributed by atoms with E-state index in [2.05, 4.69) is 31.3 Å². The van der Waals surface area contributed by atoms with Crippen molar-refractivity contribution in [3.63, 3.8) is 0 Å². The molecule has 0 saturated carbocycles. The molecular formula is C51H95NO10. The number of unbranched alkanes of at least 4 members (excludes halogenated alkanes) is 27. The molecule has 1 amide bonds. The monoisotopic (exact) mass is 882 g/mol. The van der Waals surface area contributed by atoms with Crippen molar-refractivity contribution in [3.05, 3.63) is 24.3 Å². The molecule has 0 radical (unpaired) electrons. The number of carbonyl (C=O) groups excluding carboxylic acids is 2. The van der Waals surface area contributed by atoms with Gasteiger partial charge in [0.25, 0.3) is 0 Å². The Hall–Kier alpha value is -1.86. The third-order valence-corrected chi connectivity index (χ3v) is 12.1. The summed E-state index contributed by atoms with van der Waals surface area (Å²) in [4.78, 5) is 24.9. The highest BCUT2D eigenvalue weighted by Gasteiger charge is 2.44. The van der Waals surface area contributed by atoms with E-state index < -0.39 is 49.5 Å². The summed E-state index contributed by atoms with van der Waals surface area (Å²) in [6.45, 7) is 4.22. The van der Waals surface area contributed by atoms with Crippen molar-refractivity contribution in [3.8, 4) is 0 Å². The largest absolute Gasteiger partial charge is 0.466 e. The molecule has 364 valence electrons. The lowest BCUT2D eigenvalue weighted by molar-refractivity contribution is -0.302. The van der Waals surface area contributed by atoms with E-state index >= 15 is 0 Å². The van der Waals surface area contributed by atoms with E-state index in [1.54, 1.807) is 6.08 Å². The first-order chi connectivity index (χ1) is 30.2. The summed E-state index contributed by atoms with van der Waals surface area (Å²) < 4.78 is 16.6. The minimum Gasteiger partial charge on any atom is -0.466 e. The zero-order chi connectivity index (χ0) is 45.3. The molecule has 1 aliphatic rings. The molecule has 6 N–H and O–H groups in total. The van der Waals surface area contributed by atoms with Crippen LogP contribution in [-0.2, 0) is 23.8 Å². The normalized spacial score (nSPS) is 20.3. The lowest BCUT2D eigenvalue weighted by Crippen LogP contribution is -2.60. The highest BCUT2D eigenvalue weighted by atomic mass is 16.7. The van der Waals surface area contributed by atoms with Crippen molar-refractivity contribution in [2.24, 2.45) is 0 Å². The average Bonchev–Trinajstić information content (AvgIpc) is 3.27. The van der Waals surface area contributed by atoms with Gasteiger partial charge in [0.2, 0.25) is 5.91 Å². The van der Waals surface area contributed by atoms with Gasteiger partial charge in [0.1, 0.15) is 24.4 Å². The second-order valence-corrected chi connectivity index (χ2v) is 17.9. The number of hydrogen-bond acceptors (Lipinski definition) is 10. The van der Waals surface area contributed by atoms with Crippen LogP contribution in [-0.4, -0.2) is 100 Å². The molecule has 1 fully saturated rings. The first kappa shape index (κ1) is 58.2. The van der Waals surface area contributed by atoms with E-state index in [9.17, 15) is 35.1 Å². The van der Waals surface area contributed by atoms with Crippen LogP contribution in [0.2, 0.25) is 0 Å². The van der Waals surface area contributed by atoms with Gasteiger partial charge in [0.15, 0.2) is 6.29 Å². The van der Waals surface area contributed by atoms with Crippen LogP contribution < -0.4 is 5.32 Å². The van der Waals surface area contributed by atoms with Crippen LogP contribution in [0.25, 0.3) is 0 Å². The third-order valence-electron chi connectivity index (χ3n) is 12.1. The Labute approximate surface area is 378 Å². The summed E-state index contributed by atoms with van der Waals surface area (Å²) in [6, 6.07) is -0.816. The first-order valence-electron chi connectivity index (χ1n) is 25.6. The van der Waals surface area contributed by atoms with E-state index in [1.165, 1.54) is 128 Å². The van der Waals surface area contributed by atoms with Gasteiger partial charge in [-0.15, -0.1) is 0 Å². The van der Waals surface area contributed by atoms with Crippen molar-refractivity contribution in [1.82, 2.24) is 5.32 Å². The van der Waals surface area contributed by atoms with E-state index in [0.29, 0.717) is 19.4 Å². The average molecular weight is 882 g/mol. The topological polar surface area (TPSA) is 175 Å². The van der Waals surface area contributed by atoms with Gasteiger partial charge in [-0.1, -0.05) is 186 Å². The number of amides is 1. The minimum absolute atomic E-state index is 0.0346. The van der Waals surface area contributed by atoms with Crippen LogP contribution >= 0.6 is 0 Å². The van der Waals surface area contributed by atoms with Gasteiger partial charge in [-0.05, 0) is 51.4 Å². The highest BCUT2D eigenvalue weighted by Crippen LogP contribution is 2.23. The molecule has 11 nitrogen and oxygen atoms in total. The molecule has 0 aromatic carbocycles. The van der Waals surface area contributed by atoms with E-state index in [0.717, 1.165) is 70.6 Å². The molecule has 0 bridgehead atoms. The second-order valence-electron chi connectivity index (χ2n) is 17.9. The highest BCUT2D eigenvalue weighted by molar-refractivity contribution is 5.76. The first-order valence-corrected chi connectivity index (χ1v) is 25.6. The summed E-state index contributed by atoms with van der Waals surface area (Å²) in [6.07, 6.45) is 36.9. The van der Waals surface area contributed by atoms with Crippen LogP contribution in [0.3, 0.4) is 0 Å². The lowest BCUT2D eigenvalue weighted by Gasteiger charge is -2.40. The number of nitrogens with one attached hydrogen (secondary N) is 1. The number of esters is 1. The van der Waals surface area contributed by atoms with Gasteiger partial charge in [-0.2, -0.15) is 0 Å². The fraction of sp³-hybridized carbons (Fsp3) is 0.882. The fourth-order valence-corrected chi connectivity index (χ4v) is 7.88. The number of rotatable bonds is 43. The Balaban J connectivity index is 2.13. The molecule has 7 atom stereocenters. The molecule has 0 aromatic rings. The summed E-state index contributed by atoms with van der Waals surface area (Å²) in [5, 5.41) is 54.1. The Morgan fingerprint density at radius 1 is 0.581 bits per heavy atom. The number of aliphatic hydroxyl groups is 5. The number of ether oxygens (including phenoxy) is 3. The zero-order valence-electron chi connectivity index (χ0n) is 39.6. The summed E-state index contributed by atoms with van der Waals surface area (Å²) in [7, 11) is 0. The summed E-state index contributed by atoms with van der Waals surface area (Å²) in [5.74, 6) is -0.230. The van der Waals surface area contributed by atoms with Crippen LogP contribution in [0.15, 0.2) is 24.3 Å². The molecule has 11 heteroatoms. The molecule has 1 rings (SSSR count). The summed E-state index contributed by atoms with van der Waals surface area (Å²) >= 11 is 0. The minimum atomic E-state index is -1.57. The molecule has 0 aromatic heterocycles. The maximum absolute atomic E-state index is 12.9. The van der Waals surface area contributed by atoms with Crippen LogP contribution in [0, 0.1) is 0 Å². The Morgan fingerprint density at radius 3 is 1.60 bits per heavy atom. The molecule has 1 heterocycles. The molecule has 1 aliphatic heterocycles.